The van der Waals surface area contributed by atoms with Crippen molar-refractivity contribution in [1.29, 1.82) is 0 Å². The number of phosphoric acid groups is 1. The van der Waals surface area contributed by atoms with Crippen LogP contribution in [0.2, 0.25) is 0 Å². The molecule has 0 spiro atoms. The molecule has 0 bridgehead atoms. The molecule has 0 aromatic rings. The highest BCUT2D eigenvalue weighted by Gasteiger charge is 2.27. The second-order valence-electron chi connectivity index (χ2n) is 21.7. The summed E-state index contributed by atoms with van der Waals surface area (Å²) in [5.41, 5.74) is 0. The van der Waals surface area contributed by atoms with Gasteiger partial charge in [0, 0.05) is 6.42 Å². The van der Waals surface area contributed by atoms with Crippen LogP contribution in [-0.4, -0.2) is 73.4 Å². The minimum Gasteiger partial charge on any atom is -0.387 e. The number of allylic oxidation sites excluding steroid dienone is 3. The van der Waals surface area contributed by atoms with Crippen molar-refractivity contribution < 1.29 is 32.9 Å². The number of unbranched alkanes of at least 4 members (excludes halogenated alkanes) is 40. The Bertz CT molecular complexity index is 1160. The molecular formula is C59H118N2O6P+. The third-order valence-corrected chi connectivity index (χ3v) is 14.7. The lowest BCUT2D eigenvalue weighted by molar-refractivity contribution is -0.870. The standard InChI is InChI=1S/C59H117N2O6P/c1-6-8-10-12-14-16-18-20-22-24-25-26-27-28-29-30-31-32-33-34-35-37-38-40-42-44-46-48-50-52-58(62)57(56-67-68(64,65)66-55-54-61(3,4)5)60-59(63)53-51-49-47-45-43-41-39-36-23-21-19-17-15-13-11-9-7-2/h42,44,50,52,57-58,62H,6-41,43,45-49,51,53-56H2,1-5H3,(H-,60,63,64,65)/p+1/b44-42+,52-50+. The number of quaternary nitrogens is 1. The van der Waals surface area contributed by atoms with Gasteiger partial charge >= 0.3 is 7.82 Å². The van der Waals surface area contributed by atoms with Gasteiger partial charge in [0.1, 0.15) is 13.2 Å². The van der Waals surface area contributed by atoms with E-state index in [1.165, 1.54) is 238 Å². The van der Waals surface area contributed by atoms with Crippen LogP contribution in [-0.2, 0) is 18.4 Å². The van der Waals surface area contributed by atoms with Crippen LogP contribution in [0.3, 0.4) is 0 Å². The molecule has 404 valence electrons. The Morgan fingerprint density at radius 2 is 0.809 bits per heavy atom. The normalized spacial score (nSPS) is 14.0. The summed E-state index contributed by atoms with van der Waals surface area (Å²) >= 11 is 0. The van der Waals surface area contributed by atoms with E-state index in [-0.39, 0.29) is 19.1 Å². The van der Waals surface area contributed by atoms with Gasteiger partial charge in [0.2, 0.25) is 5.91 Å². The van der Waals surface area contributed by atoms with E-state index in [4.69, 9.17) is 9.05 Å². The summed E-state index contributed by atoms with van der Waals surface area (Å²) in [4.78, 5) is 23.3. The van der Waals surface area contributed by atoms with E-state index in [0.29, 0.717) is 17.4 Å². The van der Waals surface area contributed by atoms with Crippen molar-refractivity contribution in [2.75, 3.05) is 40.9 Å². The Hall–Kier alpha value is -1.02. The van der Waals surface area contributed by atoms with Crippen LogP contribution >= 0.6 is 7.82 Å². The molecule has 0 saturated carbocycles. The fourth-order valence-corrected chi connectivity index (χ4v) is 9.74. The monoisotopic (exact) mass is 982 g/mol. The van der Waals surface area contributed by atoms with E-state index in [0.717, 1.165) is 38.5 Å². The maximum Gasteiger partial charge on any atom is 0.472 e. The van der Waals surface area contributed by atoms with Gasteiger partial charge in [0.15, 0.2) is 0 Å². The van der Waals surface area contributed by atoms with E-state index in [9.17, 15) is 19.4 Å². The zero-order valence-electron chi connectivity index (χ0n) is 46.1. The third kappa shape index (κ3) is 52.8. The summed E-state index contributed by atoms with van der Waals surface area (Å²) in [5, 5.41) is 13.9. The summed E-state index contributed by atoms with van der Waals surface area (Å²) < 4.78 is 23.7. The first kappa shape index (κ1) is 67.0. The quantitative estimate of drug-likeness (QED) is 0.0243. The Labute approximate surface area is 424 Å². The Morgan fingerprint density at radius 3 is 1.18 bits per heavy atom. The first-order chi connectivity index (χ1) is 33.0. The number of aliphatic hydroxyl groups excluding tert-OH is 1. The maximum absolute atomic E-state index is 13.0. The number of amides is 1. The molecule has 0 aliphatic carbocycles. The molecule has 0 aromatic carbocycles. The molecule has 3 unspecified atom stereocenters. The SMILES string of the molecule is CCCCCCCCCCCCCCCCCCCCCCCCC/C=C/CC/C=C/C(O)C(COP(=O)(O)OCC[N+](C)(C)C)NC(=O)CCCCCCCCCCCCCCCCCCC. The first-order valence-electron chi connectivity index (χ1n) is 29.7. The lowest BCUT2D eigenvalue weighted by Gasteiger charge is -2.25. The summed E-state index contributed by atoms with van der Waals surface area (Å²) in [6, 6.07) is -0.860. The number of hydrogen-bond acceptors (Lipinski definition) is 5. The zero-order valence-corrected chi connectivity index (χ0v) is 47.0. The van der Waals surface area contributed by atoms with Gasteiger partial charge in [0.05, 0.1) is 39.9 Å². The zero-order chi connectivity index (χ0) is 49.9. The van der Waals surface area contributed by atoms with Gasteiger partial charge in [-0.3, -0.25) is 13.8 Å². The van der Waals surface area contributed by atoms with Crippen LogP contribution in [0.1, 0.15) is 296 Å². The highest BCUT2D eigenvalue weighted by molar-refractivity contribution is 7.47. The lowest BCUT2D eigenvalue weighted by atomic mass is 10.0. The molecule has 0 saturated heterocycles. The van der Waals surface area contributed by atoms with Gasteiger partial charge in [-0.15, -0.1) is 0 Å². The number of carbonyl (C=O) groups excluding carboxylic acids is 1. The van der Waals surface area contributed by atoms with Gasteiger partial charge in [-0.05, 0) is 32.1 Å². The topological polar surface area (TPSA) is 105 Å². The van der Waals surface area contributed by atoms with Gasteiger partial charge in [-0.1, -0.05) is 282 Å². The van der Waals surface area contributed by atoms with E-state index in [1.807, 2.05) is 27.2 Å². The average Bonchev–Trinajstić information content (AvgIpc) is 3.30. The molecule has 1 amide bonds. The molecular weight excluding hydrogens is 864 g/mol. The number of nitrogens with zero attached hydrogens (tertiary/aromatic N) is 1. The van der Waals surface area contributed by atoms with Crippen molar-refractivity contribution in [2.24, 2.45) is 0 Å². The molecule has 3 N–H and O–H groups in total. The number of phosphoric ester groups is 1. The van der Waals surface area contributed by atoms with Crippen LogP contribution in [0.4, 0.5) is 0 Å². The molecule has 0 radical (unpaired) electrons. The van der Waals surface area contributed by atoms with Crippen LogP contribution in [0.15, 0.2) is 24.3 Å². The van der Waals surface area contributed by atoms with E-state index >= 15 is 0 Å². The molecule has 0 aliphatic heterocycles. The van der Waals surface area contributed by atoms with Crippen molar-refractivity contribution in [3.05, 3.63) is 24.3 Å². The molecule has 0 rings (SSSR count). The Kier molecular flexibility index (Phi) is 50.1. The second-order valence-corrected chi connectivity index (χ2v) is 23.2. The number of likely N-dealkylation sites (N-methyl/N-ethyl adjacent to an activating group) is 1. The number of nitrogens with one attached hydrogen (secondary N) is 1. The predicted octanol–water partition coefficient (Wildman–Crippen LogP) is 18.0. The van der Waals surface area contributed by atoms with Crippen LogP contribution in [0.25, 0.3) is 0 Å². The number of aliphatic hydroxyl groups is 1. The lowest BCUT2D eigenvalue weighted by Crippen LogP contribution is -2.45. The fourth-order valence-electron chi connectivity index (χ4n) is 9.00. The smallest absolute Gasteiger partial charge is 0.387 e. The Balaban J connectivity index is 4.16. The largest absolute Gasteiger partial charge is 0.472 e. The average molecular weight is 983 g/mol. The number of hydrogen-bond donors (Lipinski definition) is 3. The van der Waals surface area contributed by atoms with Crippen LogP contribution < -0.4 is 5.32 Å². The Morgan fingerprint density at radius 1 is 0.485 bits per heavy atom. The van der Waals surface area contributed by atoms with E-state index < -0.39 is 20.0 Å². The molecule has 0 fully saturated rings. The molecule has 3 atom stereocenters. The summed E-state index contributed by atoms with van der Waals surface area (Å²) in [6.45, 7) is 4.84. The molecule has 68 heavy (non-hydrogen) atoms. The summed E-state index contributed by atoms with van der Waals surface area (Å²) in [7, 11) is 1.57. The molecule has 8 nitrogen and oxygen atoms in total. The minimum absolute atomic E-state index is 0.0588. The minimum atomic E-state index is -4.35. The highest BCUT2D eigenvalue weighted by Crippen LogP contribution is 2.43. The van der Waals surface area contributed by atoms with Gasteiger partial charge < -0.3 is 19.8 Å². The van der Waals surface area contributed by atoms with E-state index in [1.54, 1.807) is 6.08 Å². The van der Waals surface area contributed by atoms with Crippen molar-refractivity contribution >= 4 is 13.7 Å². The van der Waals surface area contributed by atoms with Gasteiger partial charge in [0.25, 0.3) is 0 Å². The van der Waals surface area contributed by atoms with Crippen LogP contribution in [0.5, 0.6) is 0 Å². The third-order valence-electron chi connectivity index (χ3n) is 13.7. The summed E-state index contributed by atoms with van der Waals surface area (Å²) in [6.07, 6.45) is 64.4. The fraction of sp³-hybridized carbons (Fsp3) is 0.915. The van der Waals surface area contributed by atoms with Crippen molar-refractivity contribution in [3.63, 3.8) is 0 Å². The van der Waals surface area contributed by atoms with Gasteiger partial charge in [-0.25, -0.2) is 4.57 Å². The number of carbonyl (C=O) groups is 1. The predicted molar refractivity (Wildman–Crippen MR) is 295 cm³/mol. The van der Waals surface area contributed by atoms with Crippen molar-refractivity contribution in [1.82, 2.24) is 5.32 Å². The first-order valence-corrected chi connectivity index (χ1v) is 31.2. The molecule has 0 aliphatic rings. The van der Waals surface area contributed by atoms with Gasteiger partial charge in [-0.2, -0.15) is 0 Å². The number of rotatable bonds is 55. The van der Waals surface area contributed by atoms with Crippen molar-refractivity contribution in [2.45, 2.75) is 309 Å². The van der Waals surface area contributed by atoms with E-state index in [2.05, 4.69) is 31.3 Å². The molecule has 9 heteroatoms. The second kappa shape index (κ2) is 50.9. The van der Waals surface area contributed by atoms with Crippen LogP contribution in [0, 0.1) is 0 Å². The van der Waals surface area contributed by atoms with Crippen molar-refractivity contribution in [3.8, 4) is 0 Å². The molecule has 0 aromatic heterocycles. The highest BCUT2D eigenvalue weighted by atomic mass is 31.2. The summed E-state index contributed by atoms with van der Waals surface area (Å²) in [5.74, 6) is -0.181. The maximum atomic E-state index is 13.0. The molecule has 0 heterocycles.